The summed E-state index contributed by atoms with van der Waals surface area (Å²) < 4.78 is 13.3. The number of hydrogen-bond acceptors (Lipinski definition) is 4. The molecular weight excluding hydrogens is 393 g/mol. The minimum Gasteiger partial charge on any atom is -0.508 e. The van der Waals surface area contributed by atoms with Gasteiger partial charge in [-0.3, -0.25) is 9.69 Å². The van der Waals surface area contributed by atoms with Crippen molar-refractivity contribution in [1.82, 2.24) is 9.80 Å². The zero-order valence-electron chi connectivity index (χ0n) is 18.0. The molecule has 2 aliphatic rings. The number of nitrogens with zero attached hydrogens (tertiary/aromatic N) is 3. The Morgan fingerprint density at radius 1 is 0.935 bits per heavy atom. The van der Waals surface area contributed by atoms with E-state index >= 15 is 0 Å². The highest BCUT2D eigenvalue weighted by Crippen LogP contribution is 2.25. The van der Waals surface area contributed by atoms with Gasteiger partial charge in [0.2, 0.25) is 5.91 Å². The number of carbonyl (C=O) groups excluding carboxylic acids is 1. The molecule has 0 spiro atoms. The molecule has 1 saturated heterocycles. The van der Waals surface area contributed by atoms with Gasteiger partial charge in [-0.2, -0.15) is 0 Å². The number of phenols is 1. The molecule has 0 radical (unpaired) electrons. The first-order valence-corrected chi connectivity index (χ1v) is 11.4. The Morgan fingerprint density at radius 3 is 2.23 bits per heavy atom. The van der Waals surface area contributed by atoms with Gasteiger partial charge in [0, 0.05) is 44.5 Å². The zero-order valence-corrected chi connectivity index (χ0v) is 18.0. The Labute approximate surface area is 184 Å². The number of benzene rings is 2. The van der Waals surface area contributed by atoms with Crippen LogP contribution >= 0.6 is 0 Å². The van der Waals surface area contributed by atoms with E-state index in [9.17, 15) is 14.3 Å². The molecule has 1 aliphatic heterocycles. The van der Waals surface area contributed by atoms with Gasteiger partial charge in [-0.05, 0) is 54.8 Å². The van der Waals surface area contributed by atoms with E-state index in [1.165, 1.54) is 31.4 Å². The van der Waals surface area contributed by atoms with E-state index in [1.807, 2.05) is 17.0 Å². The third kappa shape index (κ3) is 5.76. The van der Waals surface area contributed by atoms with Crippen LogP contribution in [0.2, 0.25) is 0 Å². The van der Waals surface area contributed by atoms with Crippen molar-refractivity contribution in [2.75, 3.05) is 37.6 Å². The maximum absolute atomic E-state index is 13.3. The maximum atomic E-state index is 13.3. The first kappa shape index (κ1) is 21.6. The number of phenolic OH excluding ortho intramolecular Hbond substituents is 1. The van der Waals surface area contributed by atoms with Crippen LogP contribution in [0.5, 0.6) is 5.75 Å². The van der Waals surface area contributed by atoms with Crippen LogP contribution in [0.3, 0.4) is 0 Å². The predicted octanol–water partition coefficient (Wildman–Crippen LogP) is 4.01. The Bertz CT molecular complexity index is 842. The number of carbonyl (C=O) groups is 1. The van der Waals surface area contributed by atoms with Gasteiger partial charge >= 0.3 is 0 Å². The van der Waals surface area contributed by atoms with E-state index in [-0.39, 0.29) is 23.5 Å². The Kier molecular flexibility index (Phi) is 7.07. The second-order valence-corrected chi connectivity index (χ2v) is 8.72. The van der Waals surface area contributed by atoms with Crippen molar-refractivity contribution >= 4 is 11.6 Å². The van der Waals surface area contributed by atoms with E-state index in [0.717, 1.165) is 50.3 Å². The summed E-state index contributed by atoms with van der Waals surface area (Å²) in [4.78, 5) is 19.9. The van der Waals surface area contributed by atoms with Crippen LogP contribution in [-0.2, 0) is 11.3 Å². The molecule has 166 valence electrons. The Balaban J connectivity index is 1.36. The fourth-order valence-corrected chi connectivity index (χ4v) is 4.71. The van der Waals surface area contributed by atoms with Gasteiger partial charge < -0.3 is 14.9 Å². The van der Waals surface area contributed by atoms with E-state index in [1.54, 1.807) is 24.3 Å². The second-order valence-electron chi connectivity index (χ2n) is 8.72. The minimum atomic E-state index is -0.245. The molecule has 1 saturated carbocycles. The molecule has 4 rings (SSSR count). The highest BCUT2D eigenvalue weighted by atomic mass is 19.1. The molecule has 1 aliphatic carbocycles. The van der Waals surface area contributed by atoms with Gasteiger partial charge in [-0.25, -0.2) is 4.39 Å². The van der Waals surface area contributed by atoms with E-state index < -0.39 is 0 Å². The number of amides is 1. The molecule has 1 N–H and O–H groups in total. The monoisotopic (exact) mass is 425 g/mol. The number of hydrogen-bond donors (Lipinski definition) is 1. The second kappa shape index (κ2) is 10.1. The Morgan fingerprint density at radius 2 is 1.58 bits per heavy atom. The van der Waals surface area contributed by atoms with Crippen LogP contribution in [-0.4, -0.2) is 59.6 Å². The largest absolute Gasteiger partial charge is 0.508 e. The summed E-state index contributed by atoms with van der Waals surface area (Å²) in [6, 6.07) is 14.1. The topological polar surface area (TPSA) is 47.0 Å². The molecule has 0 unspecified atom stereocenters. The number of piperazine rings is 1. The van der Waals surface area contributed by atoms with Gasteiger partial charge in [0.15, 0.2) is 0 Å². The Hall–Kier alpha value is -2.60. The molecule has 1 heterocycles. The molecule has 31 heavy (non-hydrogen) atoms. The summed E-state index contributed by atoms with van der Waals surface area (Å²) in [5, 5.41) is 9.49. The maximum Gasteiger partial charge on any atom is 0.237 e. The van der Waals surface area contributed by atoms with Crippen LogP contribution < -0.4 is 4.90 Å². The van der Waals surface area contributed by atoms with Crippen molar-refractivity contribution in [3.05, 3.63) is 59.9 Å². The lowest BCUT2D eigenvalue weighted by Gasteiger charge is -2.39. The minimum absolute atomic E-state index is 0.175. The first-order valence-electron chi connectivity index (χ1n) is 11.4. The summed E-state index contributed by atoms with van der Waals surface area (Å²) in [5.41, 5.74) is 2.08. The van der Waals surface area contributed by atoms with Crippen molar-refractivity contribution in [1.29, 1.82) is 0 Å². The summed E-state index contributed by atoms with van der Waals surface area (Å²) in [7, 11) is 0. The van der Waals surface area contributed by atoms with Gasteiger partial charge in [0.05, 0.1) is 6.54 Å². The third-order valence-corrected chi connectivity index (χ3v) is 6.55. The lowest BCUT2D eigenvalue weighted by molar-refractivity contribution is -0.136. The van der Waals surface area contributed by atoms with Crippen LogP contribution in [0.4, 0.5) is 10.1 Å². The number of anilines is 1. The molecule has 2 aromatic rings. The van der Waals surface area contributed by atoms with Gasteiger partial charge in [-0.15, -0.1) is 0 Å². The standard InChI is InChI=1S/C25H32FN3O2/c26-21-8-6-20(7-9-21)18-29(23-4-2-1-3-5-23)25(31)19-27-14-16-28(17-15-27)22-10-12-24(30)13-11-22/h6-13,23,30H,1-5,14-19H2. The fraction of sp³-hybridized carbons (Fsp3) is 0.480. The molecule has 0 atom stereocenters. The van der Waals surface area contributed by atoms with Crippen molar-refractivity contribution in [2.24, 2.45) is 0 Å². The normalized spacial score (nSPS) is 18.2. The van der Waals surface area contributed by atoms with Crippen LogP contribution in [0, 0.1) is 5.82 Å². The number of rotatable bonds is 6. The summed E-state index contributed by atoms with van der Waals surface area (Å²) in [6.07, 6.45) is 5.70. The van der Waals surface area contributed by atoms with Gasteiger partial charge in [-0.1, -0.05) is 31.4 Å². The third-order valence-electron chi connectivity index (χ3n) is 6.55. The summed E-state index contributed by atoms with van der Waals surface area (Å²) >= 11 is 0. The quantitative estimate of drug-likeness (QED) is 0.760. The molecule has 0 aromatic heterocycles. The van der Waals surface area contributed by atoms with Crippen molar-refractivity contribution < 1.29 is 14.3 Å². The van der Waals surface area contributed by atoms with E-state index in [0.29, 0.717) is 13.1 Å². The van der Waals surface area contributed by atoms with Crippen molar-refractivity contribution in [3.8, 4) is 5.75 Å². The van der Waals surface area contributed by atoms with Crippen LogP contribution in [0.25, 0.3) is 0 Å². The van der Waals surface area contributed by atoms with E-state index in [4.69, 9.17) is 0 Å². The average molecular weight is 426 g/mol. The SMILES string of the molecule is O=C(CN1CCN(c2ccc(O)cc2)CC1)N(Cc1ccc(F)cc1)C1CCCCC1. The number of aromatic hydroxyl groups is 1. The predicted molar refractivity (Wildman–Crippen MR) is 121 cm³/mol. The fourth-order valence-electron chi connectivity index (χ4n) is 4.71. The lowest BCUT2D eigenvalue weighted by atomic mass is 9.93. The highest BCUT2D eigenvalue weighted by Gasteiger charge is 2.28. The molecule has 5 nitrogen and oxygen atoms in total. The summed E-state index contributed by atoms with van der Waals surface area (Å²) in [5.74, 6) is 0.206. The molecule has 0 bridgehead atoms. The summed E-state index contributed by atoms with van der Waals surface area (Å²) in [6.45, 7) is 4.38. The molecule has 2 fully saturated rings. The van der Waals surface area contributed by atoms with Crippen molar-refractivity contribution in [2.45, 2.75) is 44.7 Å². The molecule has 2 aromatic carbocycles. The molecule has 1 amide bonds. The van der Waals surface area contributed by atoms with Crippen molar-refractivity contribution in [3.63, 3.8) is 0 Å². The smallest absolute Gasteiger partial charge is 0.237 e. The van der Waals surface area contributed by atoms with Crippen LogP contribution in [0.15, 0.2) is 48.5 Å². The van der Waals surface area contributed by atoms with Gasteiger partial charge in [0.1, 0.15) is 11.6 Å². The highest BCUT2D eigenvalue weighted by molar-refractivity contribution is 5.78. The van der Waals surface area contributed by atoms with Crippen LogP contribution in [0.1, 0.15) is 37.7 Å². The number of halogens is 1. The zero-order chi connectivity index (χ0) is 21.6. The molecule has 6 heteroatoms. The van der Waals surface area contributed by atoms with Gasteiger partial charge in [0.25, 0.3) is 0 Å². The van der Waals surface area contributed by atoms with E-state index in [2.05, 4.69) is 9.80 Å². The first-order chi connectivity index (χ1) is 15.1. The average Bonchev–Trinajstić information content (AvgIpc) is 2.80. The molecular formula is C25H32FN3O2. The lowest BCUT2D eigenvalue weighted by Crippen LogP contribution is -2.51.